The van der Waals surface area contributed by atoms with Crippen molar-refractivity contribution in [1.82, 2.24) is 15.6 Å². The van der Waals surface area contributed by atoms with Crippen LogP contribution in [0.3, 0.4) is 0 Å². The summed E-state index contributed by atoms with van der Waals surface area (Å²) in [6.07, 6.45) is 6.58. The Morgan fingerprint density at radius 1 is 0.722 bits per heavy atom. The van der Waals surface area contributed by atoms with E-state index in [1.54, 1.807) is 0 Å². The zero-order valence-electron chi connectivity index (χ0n) is 20.9. The minimum atomic E-state index is -0.377. The molecule has 1 N–H and O–H groups in total. The van der Waals surface area contributed by atoms with E-state index >= 15 is 0 Å². The predicted molar refractivity (Wildman–Crippen MR) is 142 cm³/mol. The molecular weight excluding hydrogens is 448 g/mol. The third-order valence-corrected chi connectivity index (χ3v) is 6.41. The molecule has 0 spiro atoms. The zero-order valence-corrected chi connectivity index (χ0v) is 20.9. The molecule has 0 aliphatic carbocycles. The van der Waals surface area contributed by atoms with Gasteiger partial charge in [-0.3, -0.25) is 5.43 Å². The SMILES string of the molecule is CCCCc1ccc(C2=NNC(c3cccc(-c4nnc(-c5ccc(CCCC)cc5)o4)c3)O2)cc1. The van der Waals surface area contributed by atoms with Crippen LogP contribution in [0.25, 0.3) is 22.9 Å². The first-order valence-corrected chi connectivity index (χ1v) is 12.9. The Kier molecular flexibility index (Phi) is 7.41. The molecule has 0 fully saturated rings. The molecule has 0 amide bonds. The number of hydrogen-bond acceptors (Lipinski definition) is 6. The van der Waals surface area contributed by atoms with Crippen molar-refractivity contribution in [2.45, 2.75) is 58.6 Å². The number of nitrogens with zero attached hydrogens (tertiary/aromatic N) is 3. The van der Waals surface area contributed by atoms with E-state index in [1.807, 2.05) is 36.4 Å². The molecular formula is C30H32N4O2. The third-order valence-electron chi connectivity index (χ3n) is 6.41. The Morgan fingerprint density at radius 2 is 1.33 bits per heavy atom. The highest BCUT2D eigenvalue weighted by Gasteiger charge is 2.23. The Labute approximate surface area is 212 Å². The molecule has 1 atom stereocenters. The number of aromatic nitrogens is 2. The largest absolute Gasteiger partial charge is 0.446 e. The number of rotatable bonds is 10. The van der Waals surface area contributed by atoms with Gasteiger partial charge in [0.15, 0.2) is 0 Å². The lowest BCUT2D eigenvalue weighted by atomic mass is 10.1. The van der Waals surface area contributed by atoms with E-state index in [2.05, 4.69) is 71.0 Å². The van der Waals surface area contributed by atoms with E-state index < -0.39 is 0 Å². The van der Waals surface area contributed by atoms with E-state index in [-0.39, 0.29) is 6.23 Å². The molecule has 184 valence electrons. The summed E-state index contributed by atoms with van der Waals surface area (Å²) in [5.74, 6) is 1.58. The molecule has 6 nitrogen and oxygen atoms in total. The number of benzene rings is 3. The lowest BCUT2D eigenvalue weighted by Gasteiger charge is -2.12. The van der Waals surface area contributed by atoms with Crippen molar-refractivity contribution in [2.75, 3.05) is 0 Å². The van der Waals surface area contributed by atoms with Crippen molar-refractivity contribution < 1.29 is 9.15 Å². The van der Waals surface area contributed by atoms with Gasteiger partial charge < -0.3 is 9.15 Å². The highest BCUT2D eigenvalue weighted by atomic mass is 16.5. The molecule has 5 rings (SSSR count). The standard InChI is InChI=1S/C30H32N4O2/c1-3-5-8-21-12-16-23(17-13-21)27-31-33-29(35-27)25-10-7-11-26(20-25)30-34-32-28(36-30)24-18-14-22(15-19-24)9-6-4-2/h7,10-20,29,33H,3-6,8-9H2,1-2H3. The summed E-state index contributed by atoms with van der Waals surface area (Å²) in [7, 11) is 0. The van der Waals surface area contributed by atoms with E-state index in [9.17, 15) is 0 Å². The summed E-state index contributed by atoms with van der Waals surface area (Å²) < 4.78 is 12.1. The second-order valence-electron chi connectivity index (χ2n) is 9.18. The van der Waals surface area contributed by atoms with Crippen molar-refractivity contribution in [3.63, 3.8) is 0 Å². The van der Waals surface area contributed by atoms with Gasteiger partial charge in [-0.05, 0) is 73.2 Å². The minimum absolute atomic E-state index is 0.377. The average Bonchev–Trinajstić information content (AvgIpc) is 3.62. The van der Waals surface area contributed by atoms with Crippen LogP contribution in [-0.4, -0.2) is 16.1 Å². The van der Waals surface area contributed by atoms with Crippen molar-refractivity contribution in [3.05, 3.63) is 95.1 Å². The molecule has 0 bridgehead atoms. The lowest BCUT2D eigenvalue weighted by molar-refractivity contribution is 0.192. The summed E-state index contributed by atoms with van der Waals surface area (Å²) in [6, 6.07) is 24.7. The molecule has 36 heavy (non-hydrogen) atoms. The quantitative estimate of drug-likeness (QED) is 0.263. The summed E-state index contributed by atoms with van der Waals surface area (Å²) >= 11 is 0. The maximum absolute atomic E-state index is 6.13. The molecule has 1 aromatic heterocycles. The van der Waals surface area contributed by atoms with Gasteiger partial charge in [-0.2, -0.15) is 0 Å². The second kappa shape index (κ2) is 11.2. The number of unbranched alkanes of at least 4 members (excludes halogenated alkanes) is 2. The molecule has 0 saturated heterocycles. The van der Waals surface area contributed by atoms with Crippen molar-refractivity contribution in [1.29, 1.82) is 0 Å². The van der Waals surface area contributed by atoms with Crippen LogP contribution < -0.4 is 5.43 Å². The van der Waals surface area contributed by atoms with Gasteiger partial charge in [-0.1, -0.05) is 63.1 Å². The molecule has 1 aliphatic rings. The fourth-order valence-electron chi connectivity index (χ4n) is 4.24. The van der Waals surface area contributed by atoms with Crippen LogP contribution in [0.4, 0.5) is 0 Å². The average molecular weight is 481 g/mol. The number of hydrogen-bond donors (Lipinski definition) is 1. The van der Waals surface area contributed by atoms with Gasteiger partial charge in [0.2, 0.25) is 23.9 Å². The van der Waals surface area contributed by atoms with E-state index in [0.29, 0.717) is 17.7 Å². The first-order chi connectivity index (χ1) is 17.7. The highest BCUT2D eigenvalue weighted by molar-refractivity contribution is 5.94. The molecule has 1 unspecified atom stereocenters. The van der Waals surface area contributed by atoms with E-state index in [1.165, 1.54) is 36.8 Å². The van der Waals surface area contributed by atoms with E-state index in [0.717, 1.165) is 35.1 Å². The fourth-order valence-corrected chi connectivity index (χ4v) is 4.24. The monoisotopic (exact) mass is 480 g/mol. The van der Waals surface area contributed by atoms with Crippen LogP contribution in [0.2, 0.25) is 0 Å². The van der Waals surface area contributed by atoms with Gasteiger partial charge in [-0.25, -0.2) is 0 Å². The van der Waals surface area contributed by atoms with Gasteiger partial charge in [-0.15, -0.1) is 15.3 Å². The first kappa shape index (κ1) is 23.8. The summed E-state index contributed by atoms with van der Waals surface area (Å²) in [6.45, 7) is 4.41. The van der Waals surface area contributed by atoms with Crippen LogP contribution in [0.15, 0.2) is 82.3 Å². The predicted octanol–water partition coefficient (Wildman–Crippen LogP) is 7.07. The Balaban J connectivity index is 1.25. The Morgan fingerprint density at radius 3 is 1.97 bits per heavy atom. The number of aryl methyl sites for hydroxylation is 2. The lowest BCUT2D eigenvalue weighted by Crippen LogP contribution is -2.12. The zero-order chi connectivity index (χ0) is 24.7. The topological polar surface area (TPSA) is 72.5 Å². The van der Waals surface area contributed by atoms with Crippen LogP contribution >= 0.6 is 0 Å². The van der Waals surface area contributed by atoms with Crippen LogP contribution in [0.1, 0.15) is 68.0 Å². The number of hydrazone groups is 1. The summed E-state index contributed by atoms with van der Waals surface area (Å²) in [5, 5.41) is 13.0. The molecule has 1 aliphatic heterocycles. The summed E-state index contributed by atoms with van der Waals surface area (Å²) in [5.41, 5.74) is 9.42. The number of ether oxygens (including phenoxy) is 1. The molecule has 3 aromatic carbocycles. The number of nitrogens with one attached hydrogen (secondary N) is 1. The van der Waals surface area contributed by atoms with Gasteiger partial charge in [0, 0.05) is 22.3 Å². The normalized spacial score (nSPS) is 14.8. The Hall–Kier alpha value is -3.93. The molecule has 6 heteroatoms. The van der Waals surface area contributed by atoms with Gasteiger partial charge in [0.05, 0.1) is 0 Å². The molecule has 2 heterocycles. The van der Waals surface area contributed by atoms with Crippen LogP contribution in [0, 0.1) is 0 Å². The van der Waals surface area contributed by atoms with Crippen molar-refractivity contribution >= 4 is 5.90 Å². The first-order valence-electron chi connectivity index (χ1n) is 12.9. The summed E-state index contributed by atoms with van der Waals surface area (Å²) in [4.78, 5) is 0. The van der Waals surface area contributed by atoms with E-state index in [4.69, 9.17) is 9.15 Å². The third kappa shape index (κ3) is 5.48. The maximum Gasteiger partial charge on any atom is 0.248 e. The Bertz CT molecular complexity index is 1310. The van der Waals surface area contributed by atoms with Gasteiger partial charge in [0.1, 0.15) is 0 Å². The molecule has 0 radical (unpaired) electrons. The van der Waals surface area contributed by atoms with Gasteiger partial charge >= 0.3 is 0 Å². The molecule has 4 aromatic rings. The smallest absolute Gasteiger partial charge is 0.248 e. The van der Waals surface area contributed by atoms with Crippen molar-refractivity contribution in [2.24, 2.45) is 5.10 Å². The van der Waals surface area contributed by atoms with Crippen molar-refractivity contribution in [3.8, 4) is 22.9 Å². The highest BCUT2D eigenvalue weighted by Crippen LogP contribution is 2.28. The van der Waals surface area contributed by atoms with Crippen LogP contribution in [-0.2, 0) is 17.6 Å². The fraction of sp³-hybridized carbons (Fsp3) is 0.300. The van der Waals surface area contributed by atoms with Gasteiger partial charge in [0.25, 0.3) is 0 Å². The van der Waals surface area contributed by atoms with Crippen LogP contribution in [0.5, 0.6) is 0 Å². The minimum Gasteiger partial charge on any atom is -0.446 e. The molecule has 0 saturated carbocycles. The maximum atomic E-state index is 6.13. The second-order valence-corrected chi connectivity index (χ2v) is 9.18.